The van der Waals surface area contributed by atoms with Crippen LogP contribution in [0.4, 0.5) is 4.39 Å². The normalized spacial score (nSPS) is 12.1. The van der Waals surface area contributed by atoms with Gasteiger partial charge in [-0.25, -0.2) is 4.39 Å². The average molecular weight is 206 g/mol. The Kier molecular flexibility index (Phi) is 4.26. The molecule has 2 nitrogen and oxygen atoms in total. The van der Waals surface area contributed by atoms with E-state index in [0.29, 0.717) is 12.1 Å². The molecule has 1 atom stereocenters. The molecular formula is C12H15FN2. The van der Waals surface area contributed by atoms with Gasteiger partial charge in [0.25, 0.3) is 0 Å². The van der Waals surface area contributed by atoms with Gasteiger partial charge in [-0.2, -0.15) is 5.26 Å². The molecule has 1 aromatic carbocycles. The maximum Gasteiger partial charge on any atom is 0.129 e. The van der Waals surface area contributed by atoms with Crippen molar-refractivity contribution < 1.29 is 4.39 Å². The molecule has 0 aliphatic carbocycles. The Bertz CT molecular complexity index is 368. The number of benzene rings is 1. The van der Waals surface area contributed by atoms with Gasteiger partial charge in [0.05, 0.1) is 6.07 Å². The zero-order valence-electron chi connectivity index (χ0n) is 9.05. The summed E-state index contributed by atoms with van der Waals surface area (Å²) in [4.78, 5) is 0. The van der Waals surface area contributed by atoms with Gasteiger partial charge < -0.3 is 0 Å². The number of halogens is 1. The van der Waals surface area contributed by atoms with E-state index in [4.69, 9.17) is 5.26 Å². The van der Waals surface area contributed by atoms with Crippen molar-refractivity contribution in [2.45, 2.75) is 26.3 Å². The van der Waals surface area contributed by atoms with Gasteiger partial charge >= 0.3 is 0 Å². The molecule has 0 saturated carbocycles. The molecule has 0 saturated heterocycles. The second-order valence-corrected chi connectivity index (χ2v) is 3.54. The van der Waals surface area contributed by atoms with Crippen molar-refractivity contribution in [2.75, 3.05) is 6.54 Å². The molecule has 15 heavy (non-hydrogen) atoms. The van der Waals surface area contributed by atoms with Crippen LogP contribution in [0.3, 0.4) is 0 Å². The zero-order chi connectivity index (χ0) is 11.3. The first kappa shape index (κ1) is 11.7. The van der Waals surface area contributed by atoms with Gasteiger partial charge in [-0.05, 0) is 26.0 Å². The fourth-order valence-corrected chi connectivity index (χ4v) is 1.40. The minimum absolute atomic E-state index is 0.323. The van der Waals surface area contributed by atoms with Crippen LogP contribution in [0.1, 0.15) is 30.5 Å². The highest BCUT2D eigenvalue weighted by molar-refractivity contribution is 5.30. The molecule has 1 N–H and O–H groups in total. The van der Waals surface area contributed by atoms with Crippen LogP contribution in [0.25, 0.3) is 0 Å². The molecule has 1 aromatic rings. The Morgan fingerprint density at radius 2 is 2.27 bits per heavy atom. The molecule has 0 radical (unpaired) electrons. The number of hydrogen-bond acceptors (Lipinski definition) is 2. The Balaban J connectivity index is 2.91. The van der Waals surface area contributed by atoms with Gasteiger partial charge in [0, 0.05) is 5.56 Å². The highest BCUT2D eigenvalue weighted by atomic mass is 19.1. The lowest BCUT2D eigenvalue weighted by atomic mass is 10.0. The summed E-state index contributed by atoms with van der Waals surface area (Å²) in [6.45, 7) is 4.61. The van der Waals surface area contributed by atoms with Crippen molar-refractivity contribution >= 4 is 0 Å². The fourth-order valence-electron chi connectivity index (χ4n) is 1.40. The van der Waals surface area contributed by atoms with Crippen LogP contribution in [-0.2, 0) is 0 Å². The molecular weight excluding hydrogens is 191 g/mol. The Labute approximate surface area is 89.7 Å². The monoisotopic (exact) mass is 206 g/mol. The lowest BCUT2D eigenvalue weighted by molar-refractivity contribution is 0.560. The van der Waals surface area contributed by atoms with E-state index in [1.54, 1.807) is 12.1 Å². The van der Waals surface area contributed by atoms with Crippen LogP contribution in [0.5, 0.6) is 0 Å². The highest BCUT2D eigenvalue weighted by Crippen LogP contribution is 2.17. The molecule has 1 rings (SSSR count). The lowest BCUT2D eigenvalue weighted by Gasteiger charge is -2.12. The van der Waals surface area contributed by atoms with Gasteiger partial charge in [0.15, 0.2) is 0 Å². The number of hydrogen-bond donors (Lipinski definition) is 1. The predicted octanol–water partition coefficient (Wildman–Crippen LogP) is 2.70. The van der Waals surface area contributed by atoms with Crippen molar-refractivity contribution in [1.82, 2.24) is 5.32 Å². The molecule has 1 unspecified atom stereocenters. The Morgan fingerprint density at radius 1 is 1.53 bits per heavy atom. The molecule has 0 aliphatic rings. The first-order valence-corrected chi connectivity index (χ1v) is 5.08. The van der Waals surface area contributed by atoms with Gasteiger partial charge in [-0.3, -0.25) is 5.32 Å². The summed E-state index contributed by atoms with van der Waals surface area (Å²) in [5, 5.41) is 11.9. The van der Waals surface area contributed by atoms with Gasteiger partial charge in [0.1, 0.15) is 11.9 Å². The van der Waals surface area contributed by atoms with E-state index >= 15 is 0 Å². The Hall–Kier alpha value is -1.40. The average Bonchev–Trinajstić information content (AvgIpc) is 2.24. The van der Waals surface area contributed by atoms with Crippen LogP contribution < -0.4 is 5.32 Å². The molecule has 0 fully saturated rings. The number of nitrogens with zero attached hydrogens (tertiary/aromatic N) is 1. The molecule has 0 aliphatic heterocycles. The summed E-state index contributed by atoms with van der Waals surface area (Å²) in [6.07, 6.45) is 0.922. The van der Waals surface area contributed by atoms with Gasteiger partial charge in [0.2, 0.25) is 0 Å². The van der Waals surface area contributed by atoms with Crippen LogP contribution in [0, 0.1) is 24.1 Å². The van der Waals surface area contributed by atoms with E-state index in [2.05, 4.69) is 11.4 Å². The number of nitriles is 1. The van der Waals surface area contributed by atoms with Crippen molar-refractivity contribution in [3.05, 3.63) is 35.1 Å². The summed E-state index contributed by atoms with van der Waals surface area (Å²) in [5.74, 6) is -0.323. The smallest absolute Gasteiger partial charge is 0.129 e. The summed E-state index contributed by atoms with van der Waals surface area (Å²) >= 11 is 0. The first-order chi connectivity index (χ1) is 7.19. The first-order valence-electron chi connectivity index (χ1n) is 5.08. The molecule has 0 spiro atoms. The maximum absolute atomic E-state index is 13.4. The maximum atomic E-state index is 13.4. The molecule has 3 heteroatoms. The minimum Gasteiger partial charge on any atom is -0.298 e. The van der Waals surface area contributed by atoms with Gasteiger partial charge in [-0.1, -0.05) is 24.6 Å². The second kappa shape index (κ2) is 5.47. The topological polar surface area (TPSA) is 35.8 Å². The molecule has 0 bridgehead atoms. The van der Waals surface area contributed by atoms with E-state index in [0.717, 1.165) is 12.0 Å². The zero-order valence-corrected chi connectivity index (χ0v) is 9.05. The van der Waals surface area contributed by atoms with Crippen LogP contribution in [-0.4, -0.2) is 6.54 Å². The molecule has 80 valence electrons. The van der Waals surface area contributed by atoms with Crippen LogP contribution >= 0.6 is 0 Å². The number of nitrogens with one attached hydrogen (secondary N) is 1. The molecule has 0 heterocycles. The third kappa shape index (κ3) is 3.03. The fraction of sp³-hybridized carbons (Fsp3) is 0.417. The highest BCUT2D eigenvalue weighted by Gasteiger charge is 2.13. The third-order valence-electron chi connectivity index (χ3n) is 2.19. The third-order valence-corrected chi connectivity index (χ3v) is 2.19. The standard InChI is InChI=1S/C12H15FN2/c1-3-6-15-12(8-14)10-7-9(2)4-5-11(10)13/h4-5,7,12,15H,3,6H2,1-2H3. The van der Waals surface area contributed by atoms with Crippen molar-refractivity contribution in [1.29, 1.82) is 5.26 Å². The minimum atomic E-state index is -0.551. The van der Waals surface area contributed by atoms with E-state index in [9.17, 15) is 4.39 Å². The van der Waals surface area contributed by atoms with Crippen molar-refractivity contribution in [3.8, 4) is 6.07 Å². The summed E-state index contributed by atoms with van der Waals surface area (Å²) in [7, 11) is 0. The van der Waals surface area contributed by atoms with Crippen molar-refractivity contribution in [3.63, 3.8) is 0 Å². The number of rotatable bonds is 4. The van der Waals surface area contributed by atoms with E-state index in [-0.39, 0.29) is 5.82 Å². The molecule has 0 aromatic heterocycles. The van der Waals surface area contributed by atoms with E-state index in [1.165, 1.54) is 6.07 Å². The molecule has 0 amide bonds. The van der Waals surface area contributed by atoms with Crippen LogP contribution in [0.15, 0.2) is 18.2 Å². The quantitative estimate of drug-likeness (QED) is 0.822. The van der Waals surface area contributed by atoms with E-state index in [1.807, 2.05) is 13.8 Å². The summed E-state index contributed by atoms with van der Waals surface area (Å²) in [6, 6.07) is 6.34. The Morgan fingerprint density at radius 3 is 2.87 bits per heavy atom. The van der Waals surface area contributed by atoms with Crippen molar-refractivity contribution in [2.24, 2.45) is 0 Å². The van der Waals surface area contributed by atoms with Crippen LogP contribution in [0.2, 0.25) is 0 Å². The van der Waals surface area contributed by atoms with E-state index < -0.39 is 6.04 Å². The summed E-state index contributed by atoms with van der Waals surface area (Å²) in [5.41, 5.74) is 1.40. The van der Waals surface area contributed by atoms with Gasteiger partial charge in [-0.15, -0.1) is 0 Å². The SMILES string of the molecule is CCCNC(C#N)c1cc(C)ccc1F. The predicted molar refractivity (Wildman–Crippen MR) is 57.8 cm³/mol. The number of aryl methyl sites for hydroxylation is 1. The lowest BCUT2D eigenvalue weighted by Crippen LogP contribution is -2.21. The summed E-state index contributed by atoms with van der Waals surface area (Å²) < 4.78 is 13.4. The largest absolute Gasteiger partial charge is 0.298 e. The second-order valence-electron chi connectivity index (χ2n) is 3.54.